The van der Waals surface area contributed by atoms with Gasteiger partial charge in [-0.25, -0.2) is 4.39 Å². The Morgan fingerprint density at radius 3 is 2.62 bits per heavy atom. The monoisotopic (exact) mass is 312 g/mol. The van der Waals surface area contributed by atoms with E-state index in [0.717, 1.165) is 31.2 Å². The Morgan fingerprint density at radius 2 is 2.00 bits per heavy atom. The first-order chi connectivity index (χ1) is 9.70. The van der Waals surface area contributed by atoms with E-state index in [2.05, 4.69) is 20.8 Å². The quantitative estimate of drug-likeness (QED) is 0.727. The average molecular weight is 313 g/mol. The van der Waals surface area contributed by atoms with Crippen LogP contribution in [0.5, 0.6) is 0 Å². The first-order valence-electron chi connectivity index (χ1n) is 7.86. The molecule has 0 aromatic heterocycles. The Morgan fingerprint density at radius 1 is 1.29 bits per heavy atom. The molecule has 118 valence electrons. The summed E-state index contributed by atoms with van der Waals surface area (Å²) in [6.45, 7) is 6.84. The molecule has 1 fully saturated rings. The van der Waals surface area contributed by atoms with Crippen LogP contribution in [0.25, 0.3) is 0 Å². The molecule has 21 heavy (non-hydrogen) atoms. The lowest BCUT2D eigenvalue weighted by Crippen LogP contribution is -2.31. The van der Waals surface area contributed by atoms with E-state index in [-0.39, 0.29) is 5.02 Å². The maximum absolute atomic E-state index is 13.2. The van der Waals surface area contributed by atoms with Crippen LogP contribution in [-0.2, 0) is 6.42 Å². The lowest BCUT2D eigenvalue weighted by molar-refractivity contribution is 0.0225. The van der Waals surface area contributed by atoms with Gasteiger partial charge in [-0.05, 0) is 54.7 Å². The Hall–Kier alpha value is -0.600. The van der Waals surface area contributed by atoms with Crippen molar-refractivity contribution in [3.05, 3.63) is 34.6 Å². The fourth-order valence-electron chi connectivity index (χ4n) is 3.46. The van der Waals surface area contributed by atoms with E-state index in [9.17, 15) is 9.50 Å². The molecule has 1 aliphatic rings. The van der Waals surface area contributed by atoms with Crippen molar-refractivity contribution in [3.63, 3.8) is 0 Å². The second kappa shape index (κ2) is 6.26. The van der Waals surface area contributed by atoms with Gasteiger partial charge in [0.25, 0.3) is 0 Å². The van der Waals surface area contributed by atoms with E-state index in [1.165, 1.54) is 12.5 Å². The van der Waals surface area contributed by atoms with Crippen LogP contribution in [0.4, 0.5) is 4.39 Å². The molecule has 1 aliphatic carbocycles. The highest BCUT2D eigenvalue weighted by Gasteiger charge is 2.34. The summed E-state index contributed by atoms with van der Waals surface area (Å²) >= 11 is 5.84. The lowest BCUT2D eigenvalue weighted by atomic mass is 9.76. The SMILES string of the molecule is CC(C)(C)C1CCCC(O)(Cc2ccc(F)c(Cl)c2)CC1. The molecule has 1 nitrogen and oxygen atoms in total. The maximum atomic E-state index is 13.2. The number of benzene rings is 1. The van der Waals surface area contributed by atoms with E-state index in [1.54, 1.807) is 12.1 Å². The van der Waals surface area contributed by atoms with Crippen LogP contribution in [0, 0.1) is 17.2 Å². The third-order valence-corrected chi connectivity index (χ3v) is 5.18. The normalized spacial score (nSPS) is 27.4. The van der Waals surface area contributed by atoms with Crippen molar-refractivity contribution < 1.29 is 9.50 Å². The average Bonchev–Trinajstić information content (AvgIpc) is 2.55. The van der Waals surface area contributed by atoms with Crippen molar-refractivity contribution in [1.82, 2.24) is 0 Å². The molecule has 2 unspecified atom stereocenters. The van der Waals surface area contributed by atoms with Gasteiger partial charge in [0, 0.05) is 6.42 Å². The number of halogens is 2. The summed E-state index contributed by atoms with van der Waals surface area (Å²) < 4.78 is 13.2. The zero-order valence-electron chi connectivity index (χ0n) is 13.3. The molecule has 0 heterocycles. The van der Waals surface area contributed by atoms with Crippen LogP contribution in [-0.4, -0.2) is 10.7 Å². The van der Waals surface area contributed by atoms with Crippen molar-refractivity contribution in [1.29, 1.82) is 0 Å². The molecule has 0 saturated heterocycles. The summed E-state index contributed by atoms with van der Waals surface area (Å²) in [5.74, 6) is 0.254. The first-order valence-corrected chi connectivity index (χ1v) is 8.24. The van der Waals surface area contributed by atoms with Crippen LogP contribution in [0.2, 0.25) is 5.02 Å². The maximum Gasteiger partial charge on any atom is 0.141 e. The summed E-state index contributed by atoms with van der Waals surface area (Å²) in [5, 5.41) is 11.0. The van der Waals surface area contributed by atoms with E-state index in [1.807, 2.05) is 0 Å². The van der Waals surface area contributed by atoms with Crippen LogP contribution >= 0.6 is 11.6 Å². The summed E-state index contributed by atoms with van der Waals surface area (Å²) in [6, 6.07) is 4.75. The predicted molar refractivity (Wildman–Crippen MR) is 86.1 cm³/mol. The summed E-state index contributed by atoms with van der Waals surface area (Å²) in [5.41, 5.74) is 0.532. The van der Waals surface area contributed by atoms with Gasteiger partial charge in [-0.3, -0.25) is 0 Å². The standard InChI is InChI=1S/C18H26ClFO/c1-17(2,3)14-5-4-9-18(21,10-8-14)12-13-6-7-16(20)15(19)11-13/h6-7,11,14,21H,4-5,8-10,12H2,1-3H3. The largest absolute Gasteiger partial charge is 0.390 e. The Bertz CT molecular complexity index is 494. The Labute approximate surface area is 132 Å². The Balaban J connectivity index is 2.06. The minimum atomic E-state index is -0.679. The number of hydrogen-bond donors (Lipinski definition) is 1. The molecule has 1 aromatic carbocycles. The topological polar surface area (TPSA) is 20.2 Å². The highest BCUT2D eigenvalue weighted by Crippen LogP contribution is 2.40. The molecule has 1 saturated carbocycles. The second-order valence-electron chi connectivity index (χ2n) is 7.64. The highest BCUT2D eigenvalue weighted by molar-refractivity contribution is 6.30. The molecule has 2 rings (SSSR count). The highest BCUT2D eigenvalue weighted by atomic mass is 35.5. The lowest BCUT2D eigenvalue weighted by Gasteiger charge is -2.31. The van der Waals surface area contributed by atoms with E-state index < -0.39 is 11.4 Å². The third-order valence-electron chi connectivity index (χ3n) is 4.89. The van der Waals surface area contributed by atoms with Gasteiger partial charge in [0.05, 0.1) is 10.6 Å². The fourth-order valence-corrected chi connectivity index (χ4v) is 3.67. The van der Waals surface area contributed by atoms with E-state index in [0.29, 0.717) is 17.8 Å². The third kappa shape index (κ3) is 4.43. The summed E-state index contributed by atoms with van der Waals surface area (Å²) in [4.78, 5) is 0. The molecular weight excluding hydrogens is 287 g/mol. The molecule has 3 heteroatoms. The molecule has 0 spiro atoms. The van der Waals surface area contributed by atoms with E-state index in [4.69, 9.17) is 11.6 Å². The molecule has 1 aromatic rings. The number of rotatable bonds is 2. The van der Waals surface area contributed by atoms with Crippen molar-refractivity contribution >= 4 is 11.6 Å². The molecule has 1 N–H and O–H groups in total. The number of hydrogen-bond acceptors (Lipinski definition) is 1. The minimum absolute atomic E-state index is 0.136. The van der Waals surface area contributed by atoms with Crippen molar-refractivity contribution in [2.45, 2.75) is 64.9 Å². The van der Waals surface area contributed by atoms with Gasteiger partial charge >= 0.3 is 0 Å². The predicted octanol–water partition coefficient (Wildman–Crippen LogP) is 5.38. The number of aliphatic hydroxyl groups is 1. The van der Waals surface area contributed by atoms with Crippen LogP contribution in [0.3, 0.4) is 0 Å². The van der Waals surface area contributed by atoms with Gasteiger partial charge in [0.2, 0.25) is 0 Å². The molecule has 0 amide bonds. The summed E-state index contributed by atoms with van der Waals surface area (Å²) in [7, 11) is 0. The van der Waals surface area contributed by atoms with E-state index >= 15 is 0 Å². The van der Waals surface area contributed by atoms with Crippen LogP contribution < -0.4 is 0 Å². The zero-order valence-corrected chi connectivity index (χ0v) is 14.0. The summed E-state index contributed by atoms with van der Waals surface area (Å²) in [6.07, 6.45) is 5.46. The molecular formula is C18H26ClFO. The van der Waals surface area contributed by atoms with Crippen LogP contribution in [0.15, 0.2) is 18.2 Å². The van der Waals surface area contributed by atoms with Crippen molar-refractivity contribution in [3.8, 4) is 0 Å². The molecule has 0 radical (unpaired) electrons. The molecule has 2 atom stereocenters. The van der Waals surface area contributed by atoms with Gasteiger partial charge in [-0.2, -0.15) is 0 Å². The van der Waals surface area contributed by atoms with Gasteiger partial charge in [-0.15, -0.1) is 0 Å². The molecule has 0 bridgehead atoms. The van der Waals surface area contributed by atoms with Crippen LogP contribution in [0.1, 0.15) is 58.4 Å². The zero-order chi connectivity index (χ0) is 15.7. The smallest absolute Gasteiger partial charge is 0.141 e. The van der Waals surface area contributed by atoms with Gasteiger partial charge in [0.15, 0.2) is 0 Å². The molecule has 0 aliphatic heterocycles. The van der Waals surface area contributed by atoms with Gasteiger partial charge in [-0.1, -0.05) is 44.9 Å². The van der Waals surface area contributed by atoms with Gasteiger partial charge in [0.1, 0.15) is 5.82 Å². The van der Waals surface area contributed by atoms with Crippen molar-refractivity contribution in [2.24, 2.45) is 11.3 Å². The van der Waals surface area contributed by atoms with Gasteiger partial charge < -0.3 is 5.11 Å². The Kier molecular flexibility index (Phi) is 4.99. The first kappa shape index (κ1) is 16.8. The minimum Gasteiger partial charge on any atom is -0.390 e. The van der Waals surface area contributed by atoms with Crippen molar-refractivity contribution in [2.75, 3.05) is 0 Å². The fraction of sp³-hybridized carbons (Fsp3) is 0.667. The second-order valence-corrected chi connectivity index (χ2v) is 8.05.